The minimum Gasteiger partial charge on any atom is -0.481 e. The molecule has 0 radical (unpaired) electrons. The first-order valence-electron chi connectivity index (χ1n) is 10.7. The second kappa shape index (κ2) is 7.70. The Bertz CT molecular complexity index is 569. The number of carbonyl (C=O) groups is 2. The quantitative estimate of drug-likeness (QED) is 0.683. The third-order valence-corrected chi connectivity index (χ3v) is 7.45. The summed E-state index contributed by atoms with van der Waals surface area (Å²) >= 11 is 0. The number of epoxide rings is 1. The van der Waals surface area contributed by atoms with E-state index in [9.17, 15) is 14.7 Å². The van der Waals surface area contributed by atoms with Gasteiger partial charge in [-0.05, 0) is 83.0 Å². The van der Waals surface area contributed by atoms with Gasteiger partial charge >= 0.3 is 11.9 Å². The fraction of sp³-hybridized carbons (Fsp3) is 0.905. The standard InChI is InChI=1S/C21H32O6/c22-19(23)14-4-6-15(7-5-14)26-16-2-1-9-21(12-16,20(24)25)11-13-3-8-17-18(10-13)27-17/h13-18H,1-12H2,(H,22,23)(H,24,25). The third kappa shape index (κ3) is 4.32. The summed E-state index contributed by atoms with van der Waals surface area (Å²) < 4.78 is 11.9. The molecule has 27 heavy (non-hydrogen) atoms. The predicted molar refractivity (Wildman–Crippen MR) is 97.4 cm³/mol. The van der Waals surface area contributed by atoms with Crippen LogP contribution in [0, 0.1) is 17.3 Å². The summed E-state index contributed by atoms with van der Waals surface area (Å²) in [7, 11) is 0. The Kier molecular flexibility index (Phi) is 5.48. The van der Waals surface area contributed by atoms with Gasteiger partial charge in [0.2, 0.25) is 0 Å². The molecule has 0 spiro atoms. The van der Waals surface area contributed by atoms with E-state index in [2.05, 4.69) is 0 Å². The zero-order valence-electron chi connectivity index (χ0n) is 16.0. The maximum absolute atomic E-state index is 12.2. The molecule has 0 amide bonds. The Morgan fingerprint density at radius 2 is 1.74 bits per heavy atom. The molecule has 0 aromatic heterocycles. The van der Waals surface area contributed by atoms with Gasteiger partial charge in [0.25, 0.3) is 0 Å². The summed E-state index contributed by atoms with van der Waals surface area (Å²) in [4.78, 5) is 23.4. The molecule has 152 valence electrons. The Morgan fingerprint density at radius 3 is 2.41 bits per heavy atom. The number of fused-ring (bicyclic) bond motifs is 1. The van der Waals surface area contributed by atoms with E-state index in [1.54, 1.807) is 0 Å². The van der Waals surface area contributed by atoms with Crippen LogP contribution in [-0.4, -0.2) is 46.6 Å². The van der Waals surface area contributed by atoms with Gasteiger partial charge in [-0.15, -0.1) is 0 Å². The van der Waals surface area contributed by atoms with Crippen molar-refractivity contribution in [2.24, 2.45) is 17.3 Å². The normalized spacial score (nSPS) is 44.3. The van der Waals surface area contributed by atoms with E-state index < -0.39 is 17.4 Å². The van der Waals surface area contributed by atoms with Crippen LogP contribution in [0.15, 0.2) is 0 Å². The van der Waals surface area contributed by atoms with Crippen LogP contribution in [0.3, 0.4) is 0 Å². The number of hydrogen-bond acceptors (Lipinski definition) is 4. The smallest absolute Gasteiger partial charge is 0.309 e. The highest BCUT2D eigenvalue weighted by Gasteiger charge is 2.49. The van der Waals surface area contributed by atoms with Crippen molar-refractivity contribution in [3.05, 3.63) is 0 Å². The number of aliphatic carboxylic acids is 2. The van der Waals surface area contributed by atoms with Gasteiger partial charge in [0, 0.05) is 0 Å². The Morgan fingerprint density at radius 1 is 0.963 bits per heavy atom. The van der Waals surface area contributed by atoms with Crippen molar-refractivity contribution in [3.63, 3.8) is 0 Å². The van der Waals surface area contributed by atoms with Gasteiger partial charge in [-0.1, -0.05) is 0 Å². The molecule has 3 aliphatic carbocycles. The summed E-state index contributed by atoms with van der Waals surface area (Å²) in [6.45, 7) is 0. The molecule has 1 aliphatic heterocycles. The van der Waals surface area contributed by atoms with E-state index in [1.807, 2.05) is 0 Å². The lowest BCUT2D eigenvalue weighted by atomic mass is 9.66. The molecule has 3 saturated carbocycles. The van der Waals surface area contributed by atoms with Gasteiger partial charge in [0.05, 0.1) is 35.7 Å². The Labute approximate surface area is 160 Å². The number of rotatable bonds is 6. The van der Waals surface area contributed by atoms with Crippen LogP contribution in [0.4, 0.5) is 0 Å². The molecule has 1 heterocycles. The van der Waals surface area contributed by atoms with Crippen LogP contribution in [0.5, 0.6) is 0 Å². The second-order valence-corrected chi connectivity index (χ2v) is 9.35. The van der Waals surface area contributed by atoms with Crippen molar-refractivity contribution < 1.29 is 29.3 Å². The minimum atomic E-state index is -0.703. The SMILES string of the molecule is O=C(O)C1CCC(OC2CCCC(CC3CCC4OC4C3)(C(=O)O)C2)CC1. The lowest BCUT2D eigenvalue weighted by Gasteiger charge is -2.41. The lowest BCUT2D eigenvalue weighted by Crippen LogP contribution is -2.42. The number of carboxylic acid groups (broad SMARTS) is 2. The largest absolute Gasteiger partial charge is 0.481 e. The molecule has 4 aliphatic rings. The molecule has 1 saturated heterocycles. The molecule has 0 aromatic rings. The number of hydrogen-bond donors (Lipinski definition) is 2. The van der Waals surface area contributed by atoms with Gasteiger partial charge in [0.15, 0.2) is 0 Å². The second-order valence-electron chi connectivity index (χ2n) is 9.35. The van der Waals surface area contributed by atoms with Gasteiger partial charge in [0.1, 0.15) is 0 Å². The summed E-state index contributed by atoms with van der Waals surface area (Å²) in [6, 6.07) is 0. The average Bonchev–Trinajstić information content (AvgIpc) is 3.41. The highest BCUT2D eigenvalue weighted by molar-refractivity contribution is 5.75. The highest BCUT2D eigenvalue weighted by Crippen LogP contribution is 2.49. The van der Waals surface area contributed by atoms with Crippen LogP contribution in [0.25, 0.3) is 0 Å². The van der Waals surface area contributed by atoms with Crippen LogP contribution >= 0.6 is 0 Å². The van der Waals surface area contributed by atoms with Crippen LogP contribution in [0.1, 0.15) is 77.0 Å². The first kappa shape index (κ1) is 19.2. The minimum absolute atomic E-state index is 0.00487. The maximum atomic E-state index is 12.2. The first-order chi connectivity index (χ1) is 12.9. The Hall–Kier alpha value is -1.14. The monoisotopic (exact) mass is 380 g/mol. The maximum Gasteiger partial charge on any atom is 0.309 e. The molecule has 5 atom stereocenters. The summed E-state index contributed by atoms with van der Waals surface area (Å²) in [5, 5.41) is 19.2. The Balaban J connectivity index is 1.33. The van der Waals surface area contributed by atoms with Gasteiger partial charge in [-0.2, -0.15) is 0 Å². The summed E-state index contributed by atoms with van der Waals surface area (Å²) in [5.41, 5.74) is -0.659. The molecule has 4 rings (SSSR count). The van der Waals surface area contributed by atoms with Crippen molar-refractivity contribution >= 4 is 11.9 Å². The molecule has 0 aromatic carbocycles. The molecule has 0 bridgehead atoms. The molecular formula is C21H32O6. The van der Waals surface area contributed by atoms with Crippen molar-refractivity contribution in [1.82, 2.24) is 0 Å². The average molecular weight is 380 g/mol. The molecule has 6 heteroatoms. The van der Waals surface area contributed by atoms with E-state index in [0.29, 0.717) is 37.4 Å². The van der Waals surface area contributed by atoms with E-state index in [-0.39, 0.29) is 18.1 Å². The summed E-state index contributed by atoms with van der Waals surface area (Å²) in [6.07, 6.45) is 10.9. The van der Waals surface area contributed by atoms with E-state index in [0.717, 1.165) is 57.8 Å². The topological polar surface area (TPSA) is 96.4 Å². The molecule has 4 fully saturated rings. The molecular weight excluding hydrogens is 348 g/mol. The third-order valence-electron chi connectivity index (χ3n) is 7.45. The first-order valence-corrected chi connectivity index (χ1v) is 10.7. The fourth-order valence-corrected chi connectivity index (χ4v) is 5.83. The zero-order valence-corrected chi connectivity index (χ0v) is 16.0. The van der Waals surface area contributed by atoms with Crippen molar-refractivity contribution in [3.8, 4) is 0 Å². The predicted octanol–water partition coefficient (Wildman–Crippen LogP) is 3.62. The van der Waals surface area contributed by atoms with Crippen molar-refractivity contribution in [2.75, 3.05) is 0 Å². The van der Waals surface area contributed by atoms with Crippen LogP contribution in [-0.2, 0) is 19.1 Å². The van der Waals surface area contributed by atoms with Crippen LogP contribution in [0.2, 0.25) is 0 Å². The number of carboxylic acids is 2. The molecule has 6 nitrogen and oxygen atoms in total. The van der Waals surface area contributed by atoms with Crippen molar-refractivity contribution in [2.45, 2.75) is 101 Å². The van der Waals surface area contributed by atoms with Gasteiger partial charge in [-0.3, -0.25) is 9.59 Å². The fourth-order valence-electron chi connectivity index (χ4n) is 5.83. The molecule has 5 unspecified atom stereocenters. The zero-order chi connectivity index (χ0) is 19.0. The van der Waals surface area contributed by atoms with Gasteiger partial charge < -0.3 is 19.7 Å². The number of ether oxygens (including phenoxy) is 2. The van der Waals surface area contributed by atoms with Crippen molar-refractivity contribution in [1.29, 1.82) is 0 Å². The van der Waals surface area contributed by atoms with E-state index in [4.69, 9.17) is 14.6 Å². The summed E-state index contributed by atoms with van der Waals surface area (Å²) in [5.74, 6) is -1.15. The van der Waals surface area contributed by atoms with E-state index in [1.165, 1.54) is 0 Å². The highest BCUT2D eigenvalue weighted by atomic mass is 16.6. The van der Waals surface area contributed by atoms with Gasteiger partial charge in [-0.25, -0.2) is 0 Å². The lowest BCUT2D eigenvalue weighted by molar-refractivity contribution is -0.160. The van der Waals surface area contributed by atoms with E-state index >= 15 is 0 Å². The molecule has 2 N–H and O–H groups in total. The van der Waals surface area contributed by atoms with Crippen LogP contribution < -0.4 is 0 Å².